The summed E-state index contributed by atoms with van der Waals surface area (Å²) in [7, 11) is 1.39. The van der Waals surface area contributed by atoms with Gasteiger partial charge in [-0.1, -0.05) is 17.7 Å². The standard InChI is InChI=1S/C15H11ClF3NO2/c1-22-13-4-2-3-9(14(13)21)8-20-12-7-10(15(17,18)19)5-6-11(12)16/h2-8,21H,1H3. The number of methoxy groups -OCH3 is 1. The first kappa shape index (κ1) is 16.2. The summed E-state index contributed by atoms with van der Waals surface area (Å²) in [6, 6.07) is 7.56. The number of nitrogens with zero attached hydrogens (tertiary/aromatic N) is 1. The minimum Gasteiger partial charge on any atom is -0.504 e. The Morgan fingerprint density at radius 3 is 2.59 bits per heavy atom. The van der Waals surface area contributed by atoms with Crippen LogP contribution in [0.25, 0.3) is 0 Å². The van der Waals surface area contributed by atoms with Crippen LogP contribution in [0.4, 0.5) is 18.9 Å². The zero-order valence-corrected chi connectivity index (χ0v) is 12.1. The summed E-state index contributed by atoms with van der Waals surface area (Å²) in [5, 5.41) is 9.97. The van der Waals surface area contributed by atoms with Crippen LogP contribution in [0.3, 0.4) is 0 Å². The summed E-state index contributed by atoms with van der Waals surface area (Å²) in [4.78, 5) is 3.91. The van der Waals surface area contributed by atoms with Crippen molar-refractivity contribution in [3.63, 3.8) is 0 Å². The van der Waals surface area contributed by atoms with Crippen molar-refractivity contribution in [3.8, 4) is 11.5 Å². The van der Waals surface area contributed by atoms with E-state index in [-0.39, 0.29) is 22.2 Å². The molecule has 0 aliphatic carbocycles. The van der Waals surface area contributed by atoms with Gasteiger partial charge in [0.15, 0.2) is 11.5 Å². The largest absolute Gasteiger partial charge is 0.504 e. The fourth-order valence-corrected chi connectivity index (χ4v) is 1.90. The Bertz CT molecular complexity index is 714. The molecule has 2 aromatic carbocycles. The van der Waals surface area contributed by atoms with Crippen molar-refractivity contribution in [3.05, 3.63) is 52.5 Å². The highest BCUT2D eigenvalue weighted by atomic mass is 35.5. The Labute approximate surface area is 129 Å². The molecule has 2 rings (SSSR count). The number of phenolic OH excluding ortho intramolecular Hbond substituents is 1. The van der Waals surface area contributed by atoms with Gasteiger partial charge in [0.1, 0.15) is 0 Å². The maximum Gasteiger partial charge on any atom is 0.416 e. The van der Waals surface area contributed by atoms with Gasteiger partial charge in [-0.05, 0) is 30.3 Å². The molecule has 3 nitrogen and oxygen atoms in total. The maximum atomic E-state index is 12.7. The topological polar surface area (TPSA) is 41.8 Å². The van der Waals surface area contributed by atoms with E-state index in [9.17, 15) is 18.3 Å². The molecule has 0 aliphatic heterocycles. The van der Waals surface area contributed by atoms with Crippen LogP contribution >= 0.6 is 11.6 Å². The molecule has 0 aliphatic rings. The van der Waals surface area contributed by atoms with Gasteiger partial charge in [0.2, 0.25) is 0 Å². The van der Waals surface area contributed by atoms with E-state index in [2.05, 4.69) is 4.99 Å². The van der Waals surface area contributed by atoms with Gasteiger partial charge in [-0.2, -0.15) is 13.2 Å². The molecule has 1 N–H and O–H groups in total. The molecule has 0 saturated carbocycles. The number of aliphatic imine (C=N–C) groups is 1. The molecule has 0 radical (unpaired) electrons. The number of ether oxygens (including phenoxy) is 1. The van der Waals surface area contributed by atoms with Crippen LogP contribution in [0, 0.1) is 0 Å². The molecule has 0 fully saturated rings. The molecule has 0 heterocycles. The lowest BCUT2D eigenvalue weighted by molar-refractivity contribution is -0.137. The maximum absolute atomic E-state index is 12.7. The Morgan fingerprint density at radius 1 is 1.23 bits per heavy atom. The molecule has 0 aromatic heterocycles. The molecule has 0 spiro atoms. The fourth-order valence-electron chi connectivity index (χ4n) is 1.74. The highest BCUT2D eigenvalue weighted by molar-refractivity contribution is 6.33. The van der Waals surface area contributed by atoms with Gasteiger partial charge in [0, 0.05) is 11.8 Å². The first-order chi connectivity index (χ1) is 10.3. The second kappa shape index (κ2) is 6.27. The highest BCUT2D eigenvalue weighted by Gasteiger charge is 2.30. The Hall–Kier alpha value is -2.21. The molecule has 2 aromatic rings. The normalized spacial score (nSPS) is 11.9. The average Bonchev–Trinajstić information content (AvgIpc) is 2.46. The number of benzene rings is 2. The van der Waals surface area contributed by atoms with Gasteiger partial charge < -0.3 is 9.84 Å². The number of hydrogen-bond acceptors (Lipinski definition) is 3. The molecule has 0 saturated heterocycles. The Morgan fingerprint density at radius 2 is 1.95 bits per heavy atom. The first-order valence-electron chi connectivity index (χ1n) is 6.09. The van der Waals surface area contributed by atoms with Crippen LogP contribution in [0.2, 0.25) is 5.02 Å². The van der Waals surface area contributed by atoms with Crippen LogP contribution < -0.4 is 4.74 Å². The number of hydrogen-bond donors (Lipinski definition) is 1. The lowest BCUT2D eigenvalue weighted by atomic mass is 10.2. The van der Waals surface area contributed by atoms with E-state index in [1.54, 1.807) is 18.2 Å². The monoisotopic (exact) mass is 329 g/mol. The summed E-state index contributed by atoms with van der Waals surface area (Å²) in [6.07, 6.45) is -3.26. The van der Waals surface area contributed by atoms with Crippen molar-refractivity contribution in [2.24, 2.45) is 4.99 Å². The van der Waals surface area contributed by atoms with E-state index >= 15 is 0 Å². The van der Waals surface area contributed by atoms with E-state index in [1.165, 1.54) is 13.3 Å². The van der Waals surface area contributed by atoms with Gasteiger partial charge in [-0.25, -0.2) is 0 Å². The first-order valence-corrected chi connectivity index (χ1v) is 6.47. The Balaban J connectivity index is 2.38. The molecule has 0 bridgehead atoms. The number of rotatable bonds is 3. The van der Waals surface area contributed by atoms with Gasteiger partial charge in [-0.3, -0.25) is 4.99 Å². The highest BCUT2D eigenvalue weighted by Crippen LogP contribution is 2.35. The molecule has 22 heavy (non-hydrogen) atoms. The molecule has 116 valence electrons. The van der Waals surface area contributed by atoms with Crippen molar-refractivity contribution >= 4 is 23.5 Å². The predicted octanol–water partition coefficient (Wildman–Crippen LogP) is 4.82. The van der Waals surface area contributed by atoms with Crippen LogP contribution in [-0.2, 0) is 6.18 Å². The van der Waals surface area contributed by atoms with Gasteiger partial charge >= 0.3 is 6.18 Å². The van der Waals surface area contributed by atoms with E-state index < -0.39 is 11.7 Å². The third-order valence-corrected chi connectivity index (χ3v) is 3.19. The predicted molar refractivity (Wildman–Crippen MR) is 78.4 cm³/mol. The van der Waals surface area contributed by atoms with E-state index in [1.807, 2.05) is 0 Å². The number of halogens is 4. The number of para-hydroxylation sites is 1. The summed E-state index contributed by atoms with van der Waals surface area (Å²) in [5.41, 5.74) is -0.592. The number of phenols is 1. The van der Waals surface area contributed by atoms with Gasteiger partial charge in [0.25, 0.3) is 0 Å². The zero-order valence-electron chi connectivity index (χ0n) is 11.4. The van der Waals surface area contributed by atoms with Crippen molar-refractivity contribution in [1.82, 2.24) is 0 Å². The second-order valence-electron chi connectivity index (χ2n) is 4.32. The molecule has 0 atom stereocenters. The van der Waals surface area contributed by atoms with Crippen molar-refractivity contribution in [2.75, 3.05) is 7.11 Å². The van der Waals surface area contributed by atoms with E-state index in [0.29, 0.717) is 5.56 Å². The zero-order chi connectivity index (χ0) is 16.3. The lowest BCUT2D eigenvalue weighted by Gasteiger charge is -2.08. The average molecular weight is 330 g/mol. The molecule has 0 unspecified atom stereocenters. The van der Waals surface area contributed by atoms with Crippen LogP contribution in [0.5, 0.6) is 11.5 Å². The molecular weight excluding hydrogens is 319 g/mol. The van der Waals surface area contributed by atoms with Crippen LogP contribution in [0.15, 0.2) is 41.4 Å². The summed E-state index contributed by atoms with van der Waals surface area (Å²) in [6.45, 7) is 0. The summed E-state index contributed by atoms with van der Waals surface area (Å²) >= 11 is 5.84. The van der Waals surface area contributed by atoms with E-state index in [4.69, 9.17) is 16.3 Å². The molecule has 0 amide bonds. The van der Waals surface area contributed by atoms with Crippen LogP contribution in [-0.4, -0.2) is 18.4 Å². The number of aromatic hydroxyl groups is 1. The third kappa shape index (κ3) is 3.51. The van der Waals surface area contributed by atoms with Crippen LogP contribution in [0.1, 0.15) is 11.1 Å². The smallest absolute Gasteiger partial charge is 0.416 e. The minimum absolute atomic E-state index is 0.0429. The van der Waals surface area contributed by atoms with Gasteiger partial charge in [-0.15, -0.1) is 0 Å². The fraction of sp³-hybridized carbons (Fsp3) is 0.133. The van der Waals surface area contributed by atoms with Gasteiger partial charge in [0.05, 0.1) is 23.4 Å². The third-order valence-electron chi connectivity index (χ3n) is 2.87. The molecule has 7 heteroatoms. The van der Waals surface area contributed by atoms with Crippen molar-refractivity contribution in [2.45, 2.75) is 6.18 Å². The number of alkyl halides is 3. The molecular formula is C15H11ClF3NO2. The quantitative estimate of drug-likeness (QED) is 0.820. The van der Waals surface area contributed by atoms with Crippen molar-refractivity contribution in [1.29, 1.82) is 0 Å². The van der Waals surface area contributed by atoms with E-state index in [0.717, 1.165) is 18.2 Å². The SMILES string of the molecule is COc1cccc(C=Nc2cc(C(F)(F)F)ccc2Cl)c1O. The second-order valence-corrected chi connectivity index (χ2v) is 4.73. The summed E-state index contributed by atoms with van der Waals surface area (Å²) < 4.78 is 43.0. The van der Waals surface area contributed by atoms with Crippen molar-refractivity contribution < 1.29 is 23.0 Å². The Kier molecular flexibility index (Phi) is 4.61. The summed E-state index contributed by atoms with van der Waals surface area (Å²) in [5.74, 6) is 0.0796. The lowest BCUT2D eigenvalue weighted by Crippen LogP contribution is -2.04. The minimum atomic E-state index is -4.48.